The lowest BCUT2D eigenvalue weighted by molar-refractivity contribution is 0.452. The maximum atomic E-state index is 4.65. The normalized spacial score (nSPS) is 17.2. The first-order chi connectivity index (χ1) is 11.1. The summed E-state index contributed by atoms with van der Waals surface area (Å²) in [6.07, 6.45) is 6.26. The maximum absolute atomic E-state index is 4.65. The summed E-state index contributed by atoms with van der Waals surface area (Å²) in [5.41, 5.74) is 2.35. The zero-order valence-electron chi connectivity index (χ0n) is 14.2. The van der Waals surface area contributed by atoms with Crippen LogP contribution in [0.4, 0.5) is 5.82 Å². The molecule has 1 saturated heterocycles. The zero-order chi connectivity index (χ0) is 16.2. The lowest BCUT2D eigenvalue weighted by Gasteiger charge is -2.23. The number of anilines is 1. The van der Waals surface area contributed by atoms with E-state index in [2.05, 4.69) is 51.8 Å². The van der Waals surface area contributed by atoms with Gasteiger partial charge in [0.25, 0.3) is 0 Å². The third-order valence-electron chi connectivity index (χ3n) is 4.38. The van der Waals surface area contributed by atoms with Gasteiger partial charge in [-0.2, -0.15) is 5.10 Å². The predicted molar refractivity (Wildman–Crippen MR) is 91.8 cm³/mol. The van der Waals surface area contributed by atoms with Gasteiger partial charge in [0, 0.05) is 30.4 Å². The van der Waals surface area contributed by atoms with Crippen molar-refractivity contribution < 1.29 is 0 Å². The zero-order valence-corrected chi connectivity index (χ0v) is 14.2. The molecule has 2 N–H and O–H groups in total. The van der Waals surface area contributed by atoms with E-state index in [1.807, 2.05) is 17.8 Å². The van der Waals surface area contributed by atoms with E-state index < -0.39 is 0 Å². The molecule has 0 saturated carbocycles. The minimum atomic E-state index is 0.279. The van der Waals surface area contributed by atoms with Crippen LogP contribution in [0.25, 0.3) is 0 Å². The van der Waals surface area contributed by atoms with Gasteiger partial charge in [-0.05, 0) is 52.3 Å². The number of hydrogen-bond acceptors (Lipinski definition) is 5. The van der Waals surface area contributed by atoms with Crippen LogP contribution >= 0.6 is 0 Å². The molecule has 2 aromatic heterocycles. The fourth-order valence-electron chi connectivity index (χ4n) is 3.03. The SMILES string of the molecule is Cc1cnn([C@H](C)CNc2cc(C3CCNCC3)nc(C)n2)c1. The number of nitrogens with one attached hydrogen (secondary N) is 2. The van der Waals surface area contributed by atoms with Crippen molar-refractivity contribution in [3.8, 4) is 0 Å². The summed E-state index contributed by atoms with van der Waals surface area (Å²) in [6.45, 7) is 9.13. The Labute approximate surface area is 137 Å². The molecule has 0 radical (unpaired) electrons. The van der Waals surface area contributed by atoms with Gasteiger partial charge in [-0.15, -0.1) is 0 Å². The van der Waals surface area contributed by atoms with Gasteiger partial charge >= 0.3 is 0 Å². The maximum Gasteiger partial charge on any atom is 0.130 e. The summed E-state index contributed by atoms with van der Waals surface area (Å²) in [4.78, 5) is 9.18. The lowest BCUT2D eigenvalue weighted by atomic mass is 9.94. The number of aromatic nitrogens is 4. The van der Waals surface area contributed by atoms with Gasteiger partial charge in [0.2, 0.25) is 0 Å². The monoisotopic (exact) mass is 314 g/mol. The molecule has 1 aliphatic rings. The van der Waals surface area contributed by atoms with Gasteiger partial charge in [-0.3, -0.25) is 4.68 Å². The van der Waals surface area contributed by atoms with Crippen LogP contribution in [0.15, 0.2) is 18.5 Å². The third kappa shape index (κ3) is 4.07. The second-order valence-corrected chi connectivity index (χ2v) is 6.48. The van der Waals surface area contributed by atoms with E-state index in [4.69, 9.17) is 0 Å². The third-order valence-corrected chi connectivity index (χ3v) is 4.38. The van der Waals surface area contributed by atoms with Crippen molar-refractivity contribution in [2.24, 2.45) is 0 Å². The van der Waals surface area contributed by atoms with E-state index >= 15 is 0 Å². The van der Waals surface area contributed by atoms with Gasteiger partial charge < -0.3 is 10.6 Å². The summed E-state index contributed by atoms with van der Waals surface area (Å²) in [5.74, 6) is 2.30. The Kier molecular flexibility index (Phi) is 4.91. The number of aryl methyl sites for hydroxylation is 2. The molecule has 0 aliphatic carbocycles. The molecule has 0 aromatic carbocycles. The van der Waals surface area contributed by atoms with Crippen molar-refractivity contribution >= 4 is 5.82 Å². The highest BCUT2D eigenvalue weighted by atomic mass is 15.3. The molecule has 124 valence electrons. The quantitative estimate of drug-likeness (QED) is 0.887. The molecule has 1 fully saturated rings. The molecular weight excluding hydrogens is 288 g/mol. The van der Waals surface area contributed by atoms with Crippen molar-refractivity contribution in [2.75, 3.05) is 25.0 Å². The van der Waals surface area contributed by atoms with Crippen LogP contribution in [0.1, 0.15) is 48.8 Å². The molecule has 1 aliphatic heterocycles. The standard InChI is InChI=1S/C17H26N6/c1-12-9-20-23(11-12)13(2)10-19-17-8-16(21-14(3)22-17)15-4-6-18-7-5-15/h8-9,11,13,15,18H,4-7,10H2,1-3H3,(H,19,21,22)/t13-/m1/s1. The Balaban J connectivity index is 1.66. The first-order valence-corrected chi connectivity index (χ1v) is 8.43. The number of piperidine rings is 1. The molecule has 1 atom stereocenters. The molecule has 6 nitrogen and oxygen atoms in total. The Hall–Kier alpha value is -1.95. The fourth-order valence-corrected chi connectivity index (χ4v) is 3.03. The van der Waals surface area contributed by atoms with Crippen molar-refractivity contribution in [1.29, 1.82) is 0 Å². The number of nitrogens with zero attached hydrogens (tertiary/aromatic N) is 4. The molecule has 2 aromatic rings. The van der Waals surface area contributed by atoms with E-state index in [-0.39, 0.29) is 6.04 Å². The van der Waals surface area contributed by atoms with E-state index in [0.29, 0.717) is 5.92 Å². The molecule has 3 rings (SSSR count). The summed E-state index contributed by atoms with van der Waals surface area (Å²) in [7, 11) is 0. The summed E-state index contributed by atoms with van der Waals surface area (Å²) in [6, 6.07) is 2.39. The van der Waals surface area contributed by atoms with Crippen molar-refractivity contribution in [3.63, 3.8) is 0 Å². The van der Waals surface area contributed by atoms with Crippen LogP contribution in [-0.2, 0) is 0 Å². The predicted octanol–water partition coefficient (Wildman–Crippen LogP) is 2.43. The van der Waals surface area contributed by atoms with Crippen molar-refractivity contribution in [1.82, 2.24) is 25.1 Å². The van der Waals surface area contributed by atoms with Gasteiger partial charge in [0.1, 0.15) is 11.6 Å². The molecule has 0 amide bonds. The van der Waals surface area contributed by atoms with Crippen molar-refractivity contribution in [3.05, 3.63) is 35.5 Å². The molecule has 0 unspecified atom stereocenters. The van der Waals surface area contributed by atoms with E-state index in [0.717, 1.165) is 44.1 Å². The van der Waals surface area contributed by atoms with Crippen LogP contribution in [0.5, 0.6) is 0 Å². The smallest absolute Gasteiger partial charge is 0.130 e. The average molecular weight is 314 g/mol. The van der Waals surface area contributed by atoms with Crippen LogP contribution < -0.4 is 10.6 Å². The molecule has 6 heteroatoms. The largest absolute Gasteiger partial charge is 0.368 e. The minimum Gasteiger partial charge on any atom is -0.368 e. The lowest BCUT2D eigenvalue weighted by Crippen LogP contribution is -2.27. The second kappa shape index (κ2) is 7.08. The van der Waals surface area contributed by atoms with Gasteiger partial charge in [0.15, 0.2) is 0 Å². The molecule has 3 heterocycles. The van der Waals surface area contributed by atoms with Gasteiger partial charge in [0.05, 0.1) is 12.2 Å². The van der Waals surface area contributed by atoms with Crippen LogP contribution in [0.2, 0.25) is 0 Å². The van der Waals surface area contributed by atoms with E-state index in [9.17, 15) is 0 Å². The molecule has 0 bridgehead atoms. The summed E-state index contributed by atoms with van der Waals surface area (Å²) in [5, 5.41) is 11.2. The minimum absolute atomic E-state index is 0.279. The number of rotatable bonds is 5. The molecule has 0 spiro atoms. The van der Waals surface area contributed by atoms with Crippen LogP contribution in [0, 0.1) is 13.8 Å². The van der Waals surface area contributed by atoms with Gasteiger partial charge in [-0.25, -0.2) is 9.97 Å². The van der Waals surface area contributed by atoms with Crippen LogP contribution in [-0.4, -0.2) is 39.4 Å². The summed E-state index contributed by atoms with van der Waals surface area (Å²) >= 11 is 0. The van der Waals surface area contributed by atoms with E-state index in [1.54, 1.807) is 0 Å². The highest BCUT2D eigenvalue weighted by Crippen LogP contribution is 2.25. The Morgan fingerprint density at radius 2 is 2.09 bits per heavy atom. The molecule has 23 heavy (non-hydrogen) atoms. The average Bonchev–Trinajstić information content (AvgIpc) is 2.99. The highest BCUT2D eigenvalue weighted by Gasteiger charge is 2.18. The Morgan fingerprint density at radius 1 is 1.30 bits per heavy atom. The fraction of sp³-hybridized carbons (Fsp3) is 0.588. The topological polar surface area (TPSA) is 67.7 Å². The first kappa shape index (κ1) is 15.9. The van der Waals surface area contributed by atoms with E-state index in [1.165, 1.54) is 11.3 Å². The first-order valence-electron chi connectivity index (χ1n) is 8.43. The Bertz CT molecular complexity index is 644. The highest BCUT2D eigenvalue weighted by molar-refractivity contribution is 5.37. The number of hydrogen-bond donors (Lipinski definition) is 2. The Morgan fingerprint density at radius 3 is 2.78 bits per heavy atom. The summed E-state index contributed by atoms with van der Waals surface area (Å²) < 4.78 is 1.99. The van der Waals surface area contributed by atoms with Crippen LogP contribution in [0.3, 0.4) is 0 Å². The molecular formula is C17H26N6. The second-order valence-electron chi connectivity index (χ2n) is 6.48. The van der Waals surface area contributed by atoms with Gasteiger partial charge in [-0.1, -0.05) is 0 Å². The van der Waals surface area contributed by atoms with Crippen molar-refractivity contribution in [2.45, 2.75) is 45.6 Å².